The van der Waals surface area contributed by atoms with Gasteiger partial charge < -0.3 is 14.7 Å². The number of nitrogens with one attached hydrogen (secondary N) is 1. The summed E-state index contributed by atoms with van der Waals surface area (Å²) in [7, 11) is 0. The molecule has 3 heterocycles. The summed E-state index contributed by atoms with van der Waals surface area (Å²) in [5.41, 5.74) is 2.02. The summed E-state index contributed by atoms with van der Waals surface area (Å²) in [5, 5.41) is 8.87. The molecule has 0 radical (unpaired) electrons. The summed E-state index contributed by atoms with van der Waals surface area (Å²) in [6, 6.07) is 4.03. The maximum atomic E-state index is 12.3. The summed E-state index contributed by atoms with van der Waals surface area (Å²) in [6.45, 7) is 5.07. The first-order chi connectivity index (χ1) is 9.65. The van der Waals surface area contributed by atoms with Crippen LogP contribution in [0, 0.1) is 6.92 Å². The van der Waals surface area contributed by atoms with E-state index in [0.717, 1.165) is 24.4 Å². The number of fused-ring (bicyclic) bond motifs is 1. The van der Waals surface area contributed by atoms with E-state index >= 15 is 0 Å². The average molecular weight is 291 g/mol. The molecule has 2 amide bonds. The minimum absolute atomic E-state index is 0.0463. The van der Waals surface area contributed by atoms with Crippen molar-refractivity contribution in [2.24, 2.45) is 0 Å². The van der Waals surface area contributed by atoms with Gasteiger partial charge in [-0.05, 0) is 37.3 Å². The largest absolute Gasteiger partial charge is 0.361 e. The van der Waals surface area contributed by atoms with E-state index in [-0.39, 0.29) is 12.1 Å². The number of nitrogens with zero attached hydrogens (tertiary/aromatic N) is 2. The van der Waals surface area contributed by atoms with Gasteiger partial charge in [0.05, 0.1) is 12.6 Å². The van der Waals surface area contributed by atoms with Crippen LogP contribution in [0.25, 0.3) is 0 Å². The molecular weight excluding hydrogens is 274 g/mol. The van der Waals surface area contributed by atoms with Crippen molar-refractivity contribution in [3.63, 3.8) is 0 Å². The van der Waals surface area contributed by atoms with E-state index in [0.29, 0.717) is 6.54 Å². The number of amides is 2. The lowest BCUT2D eigenvalue weighted by atomic mass is 10.0. The Morgan fingerprint density at radius 3 is 3.25 bits per heavy atom. The number of rotatable bonds is 2. The van der Waals surface area contributed by atoms with Crippen LogP contribution in [0.15, 0.2) is 22.0 Å². The first-order valence-corrected chi connectivity index (χ1v) is 7.56. The van der Waals surface area contributed by atoms with Crippen LogP contribution >= 0.6 is 11.3 Å². The molecule has 3 rings (SSSR count). The number of carbonyl (C=O) groups is 1. The fourth-order valence-corrected chi connectivity index (χ4v) is 3.52. The van der Waals surface area contributed by atoms with Gasteiger partial charge in [0.15, 0.2) is 0 Å². The van der Waals surface area contributed by atoms with E-state index in [1.165, 1.54) is 10.4 Å². The molecule has 0 aromatic carbocycles. The molecule has 0 saturated heterocycles. The zero-order valence-corrected chi connectivity index (χ0v) is 12.4. The highest BCUT2D eigenvalue weighted by molar-refractivity contribution is 7.10. The van der Waals surface area contributed by atoms with Crippen LogP contribution in [0.3, 0.4) is 0 Å². The number of hydrogen-bond donors (Lipinski definition) is 1. The fourth-order valence-electron chi connectivity index (χ4n) is 2.56. The normalized spacial score (nSPS) is 17.9. The number of aromatic nitrogens is 1. The van der Waals surface area contributed by atoms with Gasteiger partial charge in [-0.1, -0.05) is 5.16 Å². The maximum Gasteiger partial charge on any atom is 0.318 e. The van der Waals surface area contributed by atoms with Gasteiger partial charge >= 0.3 is 6.03 Å². The molecule has 1 aliphatic heterocycles. The number of hydrogen-bond acceptors (Lipinski definition) is 4. The molecule has 6 heteroatoms. The topological polar surface area (TPSA) is 58.4 Å². The van der Waals surface area contributed by atoms with Crippen molar-refractivity contribution >= 4 is 17.4 Å². The molecule has 1 aliphatic rings. The SMILES string of the molecule is Cc1cc(CNC(=O)N2CCc3sccc3C2C)no1. The van der Waals surface area contributed by atoms with Gasteiger partial charge in [0.1, 0.15) is 11.5 Å². The van der Waals surface area contributed by atoms with Crippen LogP contribution in [0.2, 0.25) is 0 Å². The Bertz CT molecular complexity index is 619. The summed E-state index contributed by atoms with van der Waals surface area (Å²) in [6.07, 6.45) is 0.938. The number of urea groups is 1. The van der Waals surface area contributed by atoms with Gasteiger partial charge in [-0.15, -0.1) is 11.3 Å². The summed E-state index contributed by atoms with van der Waals surface area (Å²) in [5.74, 6) is 0.753. The first kappa shape index (κ1) is 13.2. The van der Waals surface area contributed by atoms with Crippen LogP contribution in [0.4, 0.5) is 4.79 Å². The predicted octanol–water partition coefficient (Wildman–Crippen LogP) is 2.87. The second-order valence-electron chi connectivity index (χ2n) is 5.01. The number of aryl methyl sites for hydroxylation is 1. The van der Waals surface area contributed by atoms with Gasteiger partial charge in [-0.3, -0.25) is 0 Å². The van der Waals surface area contributed by atoms with Crippen LogP contribution < -0.4 is 5.32 Å². The van der Waals surface area contributed by atoms with E-state index in [4.69, 9.17) is 4.52 Å². The van der Waals surface area contributed by atoms with Crippen LogP contribution in [-0.2, 0) is 13.0 Å². The van der Waals surface area contributed by atoms with E-state index in [2.05, 4.69) is 28.8 Å². The highest BCUT2D eigenvalue weighted by Crippen LogP contribution is 2.32. The van der Waals surface area contributed by atoms with Crippen molar-refractivity contribution in [3.05, 3.63) is 39.4 Å². The Hall–Kier alpha value is -1.82. The third-order valence-electron chi connectivity index (χ3n) is 3.64. The Morgan fingerprint density at radius 2 is 2.50 bits per heavy atom. The van der Waals surface area contributed by atoms with Crippen molar-refractivity contribution in [1.29, 1.82) is 0 Å². The first-order valence-electron chi connectivity index (χ1n) is 6.68. The average Bonchev–Trinajstić information content (AvgIpc) is 3.05. The molecular formula is C14H17N3O2S. The molecule has 1 N–H and O–H groups in total. The third kappa shape index (κ3) is 2.43. The predicted molar refractivity (Wildman–Crippen MR) is 76.6 cm³/mol. The number of thiophene rings is 1. The van der Waals surface area contributed by atoms with Crippen molar-refractivity contribution in [2.45, 2.75) is 32.9 Å². The lowest BCUT2D eigenvalue weighted by Gasteiger charge is -2.33. The van der Waals surface area contributed by atoms with E-state index in [9.17, 15) is 4.79 Å². The molecule has 5 nitrogen and oxygen atoms in total. The molecule has 106 valence electrons. The summed E-state index contributed by atoms with van der Waals surface area (Å²) < 4.78 is 4.99. The van der Waals surface area contributed by atoms with Crippen LogP contribution in [-0.4, -0.2) is 22.6 Å². The Labute approximate surface area is 121 Å². The molecule has 0 spiro atoms. The zero-order chi connectivity index (χ0) is 14.1. The smallest absolute Gasteiger partial charge is 0.318 e. The molecule has 0 aliphatic carbocycles. The second-order valence-corrected chi connectivity index (χ2v) is 6.01. The Morgan fingerprint density at radius 1 is 1.65 bits per heavy atom. The highest BCUT2D eigenvalue weighted by atomic mass is 32.1. The standard InChI is InChI=1S/C14H17N3O2S/c1-9-7-11(16-19-9)8-15-14(18)17-5-3-13-12(10(17)2)4-6-20-13/h4,6-7,10H,3,5,8H2,1-2H3,(H,15,18). The maximum absolute atomic E-state index is 12.3. The van der Waals surface area contributed by atoms with Gasteiger partial charge in [-0.25, -0.2) is 4.79 Å². The Kier molecular flexibility index (Phi) is 3.48. The van der Waals surface area contributed by atoms with Crippen molar-refractivity contribution in [3.8, 4) is 0 Å². The zero-order valence-electron chi connectivity index (χ0n) is 11.5. The van der Waals surface area contributed by atoms with Crippen molar-refractivity contribution in [2.75, 3.05) is 6.54 Å². The fraction of sp³-hybridized carbons (Fsp3) is 0.429. The van der Waals surface area contributed by atoms with Gasteiger partial charge in [0.25, 0.3) is 0 Å². The quantitative estimate of drug-likeness (QED) is 0.925. The molecule has 20 heavy (non-hydrogen) atoms. The molecule has 1 atom stereocenters. The van der Waals surface area contributed by atoms with E-state index in [1.807, 2.05) is 17.9 Å². The molecule has 0 fully saturated rings. The van der Waals surface area contributed by atoms with Gasteiger partial charge in [0, 0.05) is 17.5 Å². The van der Waals surface area contributed by atoms with E-state index < -0.39 is 0 Å². The van der Waals surface area contributed by atoms with Crippen molar-refractivity contribution < 1.29 is 9.32 Å². The van der Waals surface area contributed by atoms with Gasteiger partial charge in [-0.2, -0.15) is 0 Å². The summed E-state index contributed by atoms with van der Waals surface area (Å²) in [4.78, 5) is 15.6. The second kappa shape index (κ2) is 5.28. The minimum Gasteiger partial charge on any atom is -0.361 e. The molecule has 1 unspecified atom stereocenters. The van der Waals surface area contributed by atoms with Crippen LogP contribution in [0.1, 0.15) is 34.9 Å². The van der Waals surface area contributed by atoms with Crippen molar-refractivity contribution in [1.82, 2.24) is 15.4 Å². The minimum atomic E-state index is -0.0463. The molecule has 0 saturated carbocycles. The lowest BCUT2D eigenvalue weighted by Crippen LogP contribution is -2.44. The lowest BCUT2D eigenvalue weighted by molar-refractivity contribution is 0.174. The van der Waals surface area contributed by atoms with E-state index in [1.54, 1.807) is 11.3 Å². The van der Waals surface area contributed by atoms with Gasteiger partial charge in [0.2, 0.25) is 0 Å². The Balaban J connectivity index is 1.63. The highest BCUT2D eigenvalue weighted by Gasteiger charge is 2.28. The monoisotopic (exact) mass is 291 g/mol. The third-order valence-corrected chi connectivity index (χ3v) is 4.63. The molecule has 2 aromatic heterocycles. The number of carbonyl (C=O) groups excluding carboxylic acids is 1. The molecule has 2 aromatic rings. The molecule has 0 bridgehead atoms. The summed E-state index contributed by atoms with van der Waals surface area (Å²) >= 11 is 1.78. The van der Waals surface area contributed by atoms with Crippen LogP contribution in [0.5, 0.6) is 0 Å².